The van der Waals surface area contributed by atoms with E-state index in [2.05, 4.69) is 10.2 Å². The smallest absolute Gasteiger partial charge is 0.407 e. The minimum Gasteiger partial charge on any atom is -0.444 e. The Kier molecular flexibility index (Phi) is 7.13. The van der Waals surface area contributed by atoms with E-state index < -0.39 is 5.60 Å². The van der Waals surface area contributed by atoms with Gasteiger partial charge in [-0.25, -0.2) is 4.79 Å². The number of benzene rings is 1. The lowest BCUT2D eigenvalue weighted by molar-refractivity contribution is 0.0518. The molecule has 0 radical (unpaired) electrons. The lowest BCUT2D eigenvalue weighted by Gasteiger charge is -2.21. The molecule has 1 atom stereocenters. The van der Waals surface area contributed by atoms with Gasteiger partial charge in [-0.3, -0.25) is 14.5 Å². The van der Waals surface area contributed by atoms with Crippen LogP contribution in [-0.2, 0) is 4.74 Å². The summed E-state index contributed by atoms with van der Waals surface area (Å²) in [5.74, 6) is 0.113. The van der Waals surface area contributed by atoms with E-state index >= 15 is 0 Å². The molecule has 0 unspecified atom stereocenters. The summed E-state index contributed by atoms with van der Waals surface area (Å²) in [6.07, 6.45) is 3.56. The summed E-state index contributed by atoms with van der Waals surface area (Å²) in [4.78, 5) is 40.3. The number of hydrogen-bond acceptors (Lipinski definition) is 5. The van der Waals surface area contributed by atoms with Crippen LogP contribution < -0.4 is 5.32 Å². The molecule has 2 aliphatic heterocycles. The van der Waals surface area contributed by atoms with Crippen molar-refractivity contribution >= 4 is 17.9 Å². The maximum absolute atomic E-state index is 12.4. The van der Waals surface area contributed by atoms with Crippen molar-refractivity contribution in [2.24, 2.45) is 5.92 Å². The number of hydrogen-bond donors (Lipinski definition) is 1. The van der Waals surface area contributed by atoms with Crippen molar-refractivity contribution in [2.75, 3.05) is 32.7 Å². The second-order valence-corrected chi connectivity index (χ2v) is 9.21. The topological polar surface area (TPSA) is 79.0 Å². The van der Waals surface area contributed by atoms with Gasteiger partial charge in [0.1, 0.15) is 5.60 Å². The molecule has 0 aromatic heterocycles. The molecule has 0 saturated carbocycles. The van der Waals surface area contributed by atoms with E-state index in [0.717, 1.165) is 45.3 Å². The van der Waals surface area contributed by atoms with E-state index in [1.54, 1.807) is 24.3 Å². The predicted molar refractivity (Wildman–Crippen MR) is 114 cm³/mol. The third-order valence-electron chi connectivity index (χ3n) is 5.54. The van der Waals surface area contributed by atoms with Gasteiger partial charge in [-0.1, -0.05) is 18.6 Å². The first kappa shape index (κ1) is 22.3. The van der Waals surface area contributed by atoms with Crippen molar-refractivity contribution in [3.05, 3.63) is 35.4 Å². The molecule has 0 bridgehead atoms. The molecule has 30 heavy (non-hydrogen) atoms. The van der Waals surface area contributed by atoms with Crippen molar-refractivity contribution in [1.82, 2.24) is 15.1 Å². The number of fused-ring (bicyclic) bond motifs is 1. The van der Waals surface area contributed by atoms with Crippen LogP contribution >= 0.6 is 0 Å². The van der Waals surface area contributed by atoms with Crippen LogP contribution in [0, 0.1) is 5.92 Å². The first-order valence-electron chi connectivity index (χ1n) is 10.9. The van der Waals surface area contributed by atoms with Gasteiger partial charge in [0, 0.05) is 19.6 Å². The molecule has 1 N–H and O–H groups in total. The van der Waals surface area contributed by atoms with Crippen LogP contribution in [0.4, 0.5) is 4.79 Å². The molecule has 1 saturated heterocycles. The monoisotopic (exact) mass is 415 g/mol. The van der Waals surface area contributed by atoms with E-state index in [0.29, 0.717) is 30.1 Å². The van der Waals surface area contributed by atoms with Crippen molar-refractivity contribution in [2.45, 2.75) is 52.1 Å². The molecule has 7 nitrogen and oxygen atoms in total. The van der Waals surface area contributed by atoms with Crippen LogP contribution in [-0.4, -0.2) is 66.0 Å². The van der Waals surface area contributed by atoms with Crippen LogP contribution in [0.3, 0.4) is 0 Å². The first-order valence-corrected chi connectivity index (χ1v) is 10.9. The highest BCUT2D eigenvalue weighted by Crippen LogP contribution is 2.23. The fourth-order valence-electron chi connectivity index (χ4n) is 4.05. The molecule has 7 heteroatoms. The number of likely N-dealkylation sites (tertiary alicyclic amines) is 1. The van der Waals surface area contributed by atoms with Gasteiger partial charge in [0.25, 0.3) is 11.8 Å². The number of carbonyl (C=O) groups excluding carboxylic acids is 3. The maximum atomic E-state index is 12.4. The van der Waals surface area contributed by atoms with Crippen LogP contribution in [0.15, 0.2) is 24.3 Å². The predicted octanol–water partition coefficient (Wildman–Crippen LogP) is 3.30. The quantitative estimate of drug-likeness (QED) is 0.521. The Bertz CT molecular complexity index is 752. The van der Waals surface area contributed by atoms with Gasteiger partial charge >= 0.3 is 6.09 Å². The van der Waals surface area contributed by atoms with Gasteiger partial charge in [-0.2, -0.15) is 0 Å². The van der Waals surface area contributed by atoms with E-state index in [-0.39, 0.29) is 17.9 Å². The number of alkyl carbamates (subject to hydrolysis) is 1. The molecular formula is C23H33N3O4. The number of amides is 3. The van der Waals surface area contributed by atoms with Crippen molar-refractivity contribution in [1.29, 1.82) is 0 Å². The van der Waals surface area contributed by atoms with Crippen molar-refractivity contribution in [3.63, 3.8) is 0 Å². The Morgan fingerprint density at radius 3 is 2.33 bits per heavy atom. The Hall–Kier alpha value is -2.41. The Morgan fingerprint density at radius 2 is 1.70 bits per heavy atom. The summed E-state index contributed by atoms with van der Waals surface area (Å²) in [5.41, 5.74) is 0.565. The van der Waals surface area contributed by atoms with Crippen molar-refractivity contribution < 1.29 is 19.1 Å². The average Bonchev–Trinajstić information content (AvgIpc) is 3.23. The molecule has 164 valence electrons. The molecule has 0 aliphatic carbocycles. The minimum atomic E-state index is -0.473. The zero-order valence-electron chi connectivity index (χ0n) is 18.3. The molecule has 3 amide bonds. The normalized spacial score (nSPS) is 19.3. The van der Waals surface area contributed by atoms with Gasteiger partial charge in [-0.05, 0) is 71.2 Å². The summed E-state index contributed by atoms with van der Waals surface area (Å²) >= 11 is 0. The number of ether oxygens (including phenoxy) is 1. The second kappa shape index (κ2) is 9.60. The van der Waals surface area contributed by atoms with Crippen LogP contribution in [0.5, 0.6) is 0 Å². The van der Waals surface area contributed by atoms with Gasteiger partial charge in [-0.15, -0.1) is 0 Å². The Labute approximate surface area is 178 Å². The van der Waals surface area contributed by atoms with Gasteiger partial charge in [0.2, 0.25) is 0 Å². The number of carbonyl (C=O) groups is 3. The number of nitrogens with one attached hydrogen (secondary N) is 1. The number of unbranched alkanes of at least 4 members (excludes halogenated alkanes) is 2. The summed E-state index contributed by atoms with van der Waals surface area (Å²) < 4.78 is 5.28. The van der Waals surface area contributed by atoms with Crippen LogP contribution in [0.25, 0.3) is 0 Å². The van der Waals surface area contributed by atoms with Crippen LogP contribution in [0.1, 0.15) is 67.2 Å². The molecule has 3 rings (SSSR count). The zero-order chi connectivity index (χ0) is 21.7. The highest BCUT2D eigenvalue weighted by Gasteiger charge is 2.34. The second-order valence-electron chi connectivity index (χ2n) is 9.21. The SMILES string of the molecule is CC(C)(C)OC(=O)NC[C@@H]1CCN(CCCCCN2C(=O)c3ccccc3C2=O)C1. The lowest BCUT2D eigenvalue weighted by atomic mass is 10.1. The summed E-state index contributed by atoms with van der Waals surface area (Å²) in [6, 6.07) is 7.02. The summed E-state index contributed by atoms with van der Waals surface area (Å²) in [6.45, 7) is 9.73. The van der Waals surface area contributed by atoms with E-state index in [9.17, 15) is 14.4 Å². The molecule has 1 aromatic carbocycles. The summed E-state index contributed by atoms with van der Waals surface area (Å²) in [5, 5.41) is 2.87. The summed E-state index contributed by atoms with van der Waals surface area (Å²) in [7, 11) is 0. The largest absolute Gasteiger partial charge is 0.444 e. The van der Waals surface area contributed by atoms with Crippen LogP contribution in [0.2, 0.25) is 0 Å². The first-order chi connectivity index (χ1) is 14.2. The fourth-order valence-corrected chi connectivity index (χ4v) is 4.05. The molecule has 2 heterocycles. The lowest BCUT2D eigenvalue weighted by Crippen LogP contribution is -2.36. The van der Waals surface area contributed by atoms with Gasteiger partial charge in [0.05, 0.1) is 11.1 Å². The highest BCUT2D eigenvalue weighted by atomic mass is 16.6. The fraction of sp³-hybridized carbons (Fsp3) is 0.609. The maximum Gasteiger partial charge on any atom is 0.407 e. The third kappa shape index (κ3) is 5.81. The molecular weight excluding hydrogens is 382 g/mol. The molecule has 1 fully saturated rings. The Balaban J connectivity index is 1.29. The van der Waals surface area contributed by atoms with Gasteiger partial charge in [0.15, 0.2) is 0 Å². The third-order valence-corrected chi connectivity index (χ3v) is 5.54. The Morgan fingerprint density at radius 1 is 1.07 bits per heavy atom. The van der Waals surface area contributed by atoms with E-state index in [1.807, 2.05) is 20.8 Å². The number of rotatable bonds is 8. The number of nitrogens with zero attached hydrogens (tertiary/aromatic N) is 2. The average molecular weight is 416 g/mol. The minimum absolute atomic E-state index is 0.171. The standard InChI is InChI=1S/C23H33N3O4/c1-23(2,3)30-22(29)24-15-17-11-14-25(16-17)12-7-4-8-13-26-20(27)18-9-5-6-10-19(18)21(26)28/h5-6,9-10,17H,4,7-8,11-16H2,1-3H3,(H,24,29)/t17-/m0/s1. The van der Waals surface area contributed by atoms with E-state index in [4.69, 9.17) is 4.74 Å². The molecule has 1 aromatic rings. The zero-order valence-corrected chi connectivity index (χ0v) is 18.3. The molecule has 0 spiro atoms. The van der Waals surface area contributed by atoms with Crippen molar-refractivity contribution in [3.8, 4) is 0 Å². The highest BCUT2D eigenvalue weighted by molar-refractivity contribution is 6.21. The molecule has 2 aliphatic rings. The van der Waals surface area contributed by atoms with Gasteiger partial charge < -0.3 is 15.0 Å². The van der Waals surface area contributed by atoms with E-state index in [1.165, 1.54) is 4.90 Å². The number of imide groups is 1.